The van der Waals surface area contributed by atoms with E-state index in [2.05, 4.69) is 0 Å². The lowest BCUT2D eigenvalue weighted by molar-refractivity contribution is -0.187. The van der Waals surface area contributed by atoms with Gasteiger partial charge in [-0.15, -0.1) is 0 Å². The van der Waals surface area contributed by atoms with E-state index in [0.717, 1.165) is 6.92 Å². The zero-order chi connectivity index (χ0) is 16.9. The molecule has 1 unspecified atom stereocenters. The number of halogens is 3. The number of amides is 2. The summed E-state index contributed by atoms with van der Waals surface area (Å²) < 4.78 is 45.4. The number of carbonyl (C=O) groups is 2. The van der Waals surface area contributed by atoms with Crippen LogP contribution in [0, 0.1) is 0 Å². The van der Waals surface area contributed by atoms with E-state index >= 15 is 0 Å². The lowest BCUT2D eigenvalue weighted by Crippen LogP contribution is -2.50. The van der Waals surface area contributed by atoms with Crippen LogP contribution in [0.4, 0.5) is 23.7 Å². The Kier molecular flexibility index (Phi) is 3.51. The topological polar surface area (TPSA) is 46.6 Å². The van der Waals surface area contributed by atoms with E-state index in [0.29, 0.717) is 4.90 Å². The van der Waals surface area contributed by atoms with Gasteiger partial charge in [0.1, 0.15) is 5.60 Å². The van der Waals surface area contributed by atoms with Gasteiger partial charge in [-0.05, 0) is 33.8 Å². The number of hydrogen-bond acceptors (Lipinski definition) is 3. The van der Waals surface area contributed by atoms with Crippen LogP contribution < -0.4 is 4.90 Å². The van der Waals surface area contributed by atoms with Crippen LogP contribution in [-0.2, 0) is 14.9 Å². The standard InChI is InChI=1S/C15H16F3NO3/c1-13(2,3)22-12(21)19-10-8-6-5-7-9(10)14(4,11(19)20)15(16,17)18/h5-8H,1-4H3. The highest BCUT2D eigenvalue weighted by Gasteiger charge is 2.65. The fourth-order valence-electron chi connectivity index (χ4n) is 2.30. The summed E-state index contributed by atoms with van der Waals surface area (Å²) in [6.07, 6.45) is -5.94. The zero-order valence-corrected chi connectivity index (χ0v) is 12.6. The van der Waals surface area contributed by atoms with Gasteiger partial charge in [0.15, 0.2) is 5.41 Å². The van der Waals surface area contributed by atoms with E-state index in [4.69, 9.17) is 4.74 Å². The first-order valence-corrected chi connectivity index (χ1v) is 6.63. The Morgan fingerprint density at radius 2 is 1.73 bits per heavy atom. The molecule has 0 spiro atoms. The molecule has 0 radical (unpaired) electrons. The molecule has 0 aromatic heterocycles. The number of nitrogens with zero attached hydrogens (tertiary/aromatic N) is 1. The number of imide groups is 1. The van der Waals surface area contributed by atoms with Gasteiger partial charge < -0.3 is 4.74 Å². The lowest BCUT2D eigenvalue weighted by atomic mass is 9.83. The molecule has 2 amide bonds. The van der Waals surface area contributed by atoms with E-state index in [9.17, 15) is 22.8 Å². The minimum Gasteiger partial charge on any atom is -0.443 e. The van der Waals surface area contributed by atoms with Gasteiger partial charge >= 0.3 is 12.3 Å². The number of anilines is 1. The SMILES string of the molecule is CC(C)(C)OC(=O)N1C(=O)C(C)(C(F)(F)F)c2ccccc21. The first-order valence-electron chi connectivity index (χ1n) is 6.63. The molecule has 0 aliphatic carbocycles. The Morgan fingerprint density at radius 1 is 1.18 bits per heavy atom. The van der Waals surface area contributed by atoms with Gasteiger partial charge in [-0.2, -0.15) is 13.2 Å². The number of para-hydroxylation sites is 1. The Morgan fingerprint density at radius 3 is 2.23 bits per heavy atom. The van der Waals surface area contributed by atoms with Crippen molar-refractivity contribution in [2.24, 2.45) is 0 Å². The summed E-state index contributed by atoms with van der Waals surface area (Å²) in [4.78, 5) is 25.0. The summed E-state index contributed by atoms with van der Waals surface area (Å²) in [6, 6.07) is 5.36. The molecule has 0 N–H and O–H groups in total. The number of carbonyl (C=O) groups excluding carboxylic acids is 2. The molecule has 120 valence electrons. The molecular weight excluding hydrogens is 299 g/mol. The van der Waals surface area contributed by atoms with Crippen LogP contribution in [-0.4, -0.2) is 23.8 Å². The maximum Gasteiger partial charge on any atom is 0.421 e. The van der Waals surface area contributed by atoms with Crippen LogP contribution in [0.15, 0.2) is 24.3 Å². The largest absolute Gasteiger partial charge is 0.443 e. The Balaban J connectivity index is 2.56. The fraction of sp³-hybridized carbons (Fsp3) is 0.467. The molecule has 1 aromatic carbocycles. The second-order valence-corrected chi connectivity index (χ2v) is 6.26. The number of benzene rings is 1. The Labute approximate surface area is 125 Å². The van der Waals surface area contributed by atoms with E-state index in [1.54, 1.807) is 20.8 Å². The van der Waals surface area contributed by atoms with Crippen LogP contribution in [0.25, 0.3) is 0 Å². The molecule has 0 bridgehead atoms. The van der Waals surface area contributed by atoms with Gasteiger partial charge in [-0.1, -0.05) is 18.2 Å². The summed E-state index contributed by atoms with van der Waals surface area (Å²) in [6.45, 7) is 5.49. The number of ether oxygens (including phenoxy) is 1. The maximum absolute atomic E-state index is 13.4. The van der Waals surface area contributed by atoms with Crippen molar-refractivity contribution in [3.05, 3.63) is 29.8 Å². The first kappa shape index (κ1) is 16.3. The number of alkyl halides is 3. The second kappa shape index (κ2) is 4.72. The highest BCUT2D eigenvalue weighted by Crippen LogP contribution is 2.51. The van der Waals surface area contributed by atoms with Crippen molar-refractivity contribution in [2.45, 2.75) is 44.9 Å². The van der Waals surface area contributed by atoms with Gasteiger partial charge in [0, 0.05) is 5.56 Å². The molecule has 2 rings (SSSR count). The van der Waals surface area contributed by atoms with Crippen molar-refractivity contribution in [3.8, 4) is 0 Å². The summed E-state index contributed by atoms with van der Waals surface area (Å²) in [5.74, 6) is -1.35. The molecule has 7 heteroatoms. The van der Waals surface area contributed by atoms with Gasteiger partial charge in [-0.3, -0.25) is 4.79 Å². The van der Waals surface area contributed by atoms with E-state index in [1.807, 2.05) is 0 Å². The maximum atomic E-state index is 13.4. The number of rotatable bonds is 0. The third-order valence-corrected chi connectivity index (χ3v) is 3.46. The molecule has 1 aliphatic heterocycles. The third kappa shape index (κ3) is 2.34. The van der Waals surface area contributed by atoms with Crippen LogP contribution >= 0.6 is 0 Å². The van der Waals surface area contributed by atoms with Crippen molar-refractivity contribution in [1.29, 1.82) is 0 Å². The minimum atomic E-state index is -4.82. The molecule has 1 aromatic rings. The highest BCUT2D eigenvalue weighted by atomic mass is 19.4. The molecule has 4 nitrogen and oxygen atoms in total. The monoisotopic (exact) mass is 315 g/mol. The number of hydrogen-bond donors (Lipinski definition) is 0. The third-order valence-electron chi connectivity index (χ3n) is 3.46. The van der Waals surface area contributed by atoms with Crippen molar-refractivity contribution >= 4 is 17.7 Å². The van der Waals surface area contributed by atoms with Gasteiger partial charge in [0.05, 0.1) is 5.69 Å². The van der Waals surface area contributed by atoms with E-state index in [-0.39, 0.29) is 11.3 Å². The molecule has 1 atom stereocenters. The second-order valence-electron chi connectivity index (χ2n) is 6.26. The zero-order valence-electron chi connectivity index (χ0n) is 12.6. The molecule has 1 aliphatic rings. The van der Waals surface area contributed by atoms with Gasteiger partial charge in [0.2, 0.25) is 0 Å². The highest BCUT2D eigenvalue weighted by molar-refractivity contribution is 6.21. The smallest absolute Gasteiger partial charge is 0.421 e. The Hall–Kier alpha value is -2.05. The average Bonchev–Trinajstić information content (AvgIpc) is 2.57. The summed E-state index contributed by atoms with van der Waals surface area (Å²) in [5.41, 5.74) is -4.04. The molecule has 0 saturated carbocycles. The molecule has 1 heterocycles. The van der Waals surface area contributed by atoms with Crippen LogP contribution in [0.1, 0.15) is 33.3 Å². The van der Waals surface area contributed by atoms with Crippen LogP contribution in [0.3, 0.4) is 0 Å². The first-order chi connectivity index (χ1) is 9.89. The quantitative estimate of drug-likeness (QED) is 0.732. The fourth-order valence-corrected chi connectivity index (χ4v) is 2.30. The van der Waals surface area contributed by atoms with E-state index in [1.165, 1.54) is 24.3 Å². The summed E-state index contributed by atoms with van der Waals surface area (Å²) in [5, 5.41) is 0. The normalized spacial score (nSPS) is 21.8. The lowest BCUT2D eigenvalue weighted by Gasteiger charge is -2.27. The molecule has 0 fully saturated rings. The van der Waals surface area contributed by atoms with Gasteiger partial charge in [0.25, 0.3) is 5.91 Å². The molecule has 22 heavy (non-hydrogen) atoms. The van der Waals surface area contributed by atoms with Crippen molar-refractivity contribution in [2.75, 3.05) is 4.90 Å². The minimum absolute atomic E-state index is 0.0958. The molecular formula is C15H16F3NO3. The van der Waals surface area contributed by atoms with Gasteiger partial charge in [-0.25, -0.2) is 9.69 Å². The predicted molar refractivity (Wildman–Crippen MR) is 73.6 cm³/mol. The van der Waals surface area contributed by atoms with Crippen molar-refractivity contribution < 1.29 is 27.5 Å². The summed E-state index contributed by atoms with van der Waals surface area (Å²) >= 11 is 0. The number of fused-ring (bicyclic) bond motifs is 1. The van der Waals surface area contributed by atoms with Crippen molar-refractivity contribution in [3.63, 3.8) is 0 Å². The average molecular weight is 315 g/mol. The van der Waals surface area contributed by atoms with Crippen LogP contribution in [0.2, 0.25) is 0 Å². The molecule has 0 saturated heterocycles. The predicted octanol–water partition coefficient (Wildman–Crippen LogP) is 3.79. The van der Waals surface area contributed by atoms with Crippen LogP contribution in [0.5, 0.6) is 0 Å². The summed E-state index contributed by atoms with van der Waals surface area (Å²) in [7, 11) is 0. The Bertz CT molecular complexity index is 634. The van der Waals surface area contributed by atoms with Crippen molar-refractivity contribution in [1.82, 2.24) is 0 Å². The van der Waals surface area contributed by atoms with E-state index < -0.39 is 29.2 Å².